The summed E-state index contributed by atoms with van der Waals surface area (Å²) in [4.78, 5) is 38.4. The van der Waals surface area contributed by atoms with Gasteiger partial charge in [0.25, 0.3) is 5.69 Å². The molecule has 2 aliphatic heterocycles. The number of halogens is 1. The molecule has 0 aromatic heterocycles. The summed E-state index contributed by atoms with van der Waals surface area (Å²) in [6.07, 6.45) is 2.19. The molecule has 1 saturated heterocycles. The number of ether oxygens (including phenoxy) is 2. The minimum atomic E-state index is -0.816. The van der Waals surface area contributed by atoms with Crippen molar-refractivity contribution in [2.75, 3.05) is 13.2 Å². The van der Waals surface area contributed by atoms with Crippen LogP contribution in [0.15, 0.2) is 65.0 Å². The predicted molar refractivity (Wildman–Crippen MR) is 137 cm³/mol. The summed E-state index contributed by atoms with van der Waals surface area (Å²) in [6, 6.07) is 10.9. The van der Waals surface area contributed by atoms with Crippen LogP contribution in [0.3, 0.4) is 0 Å². The molecule has 1 fully saturated rings. The summed E-state index contributed by atoms with van der Waals surface area (Å²) in [5.41, 5.74) is 3.59. The monoisotopic (exact) mass is 520 g/mol. The predicted octanol–water partition coefficient (Wildman–Crippen LogP) is 5.13. The van der Waals surface area contributed by atoms with Crippen LogP contribution in [0.1, 0.15) is 61.1 Å². The Morgan fingerprint density at radius 1 is 1.16 bits per heavy atom. The zero-order valence-electron chi connectivity index (χ0n) is 21.3. The van der Waals surface area contributed by atoms with Crippen LogP contribution >= 0.6 is 0 Å². The summed E-state index contributed by atoms with van der Waals surface area (Å²) in [5, 5.41) is 15.0. The van der Waals surface area contributed by atoms with Crippen molar-refractivity contribution in [1.82, 2.24) is 5.32 Å². The maximum Gasteiger partial charge on any atom is 0.336 e. The van der Waals surface area contributed by atoms with Gasteiger partial charge in [-0.3, -0.25) is 14.9 Å². The minimum Gasteiger partial charge on any atom is -0.459 e. The van der Waals surface area contributed by atoms with Gasteiger partial charge in [-0.25, -0.2) is 9.18 Å². The number of ketones is 1. The number of nitrogens with zero attached hydrogens (tertiary/aromatic N) is 1. The number of nitrogens with one attached hydrogen (secondary N) is 1. The number of carbonyl (C=O) groups is 2. The lowest BCUT2D eigenvalue weighted by molar-refractivity contribution is -0.385. The van der Waals surface area contributed by atoms with Gasteiger partial charge in [-0.05, 0) is 62.3 Å². The molecule has 8 nitrogen and oxygen atoms in total. The van der Waals surface area contributed by atoms with Gasteiger partial charge in [0.1, 0.15) is 12.4 Å². The average molecular weight is 521 g/mol. The first-order valence-corrected chi connectivity index (χ1v) is 12.8. The lowest BCUT2D eigenvalue weighted by Gasteiger charge is -2.36. The third-order valence-electron chi connectivity index (χ3n) is 7.58. The number of esters is 1. The van der Waals surface area contributed by atoms with Gasteiger partial charge in [-0.15, -0.1) is 0 Å². The van der Waals surface area contributed by atoms with E-state index in [1.807, 2.05) is 0 Å². The second kappa shape index (κ2) is 10.5. The van der Waals surface area contributed by atoms with E-state index in [4.69, 9.17) is 9.47 Å². The first kappa shape index (κ1) is 25.8. The Morgan fingerprint density at radius 2 is 1.89 bits per heavy atom. The summed E-state index contributed by atoms with van der Waals surface area (Å²) >= 11 is 0. The van der Waals surface area contributed by atoms with E-state index in [-0.39, 0.29) is 47.9 Å². The smallest absolute Gasteiger partial charge is 0.336 e. The van der Waals surface area contributed by atoms with E-state index in [9.17, 15) is 24.1 Å². The SMILES string of the molecule is CC1=C(C(=O)OC[C@@H]2CCCO2)[C@@H](c2ccc(C)c([N+](=O)[O-])c2)C2=C(C[C@@H](c3ccc(F)cc3)CC2=O)N1. The Morgan fingerprint density at radius 3 is 2.58 bits per heavy atom. The molecule has 2 aromatic rings. The molecule has 1 N–H and O–H groups in total. The first-order chi connectivity index (χ1) is 18.2. The van der Waals surface area contributed by atoms with Gasteiger partial charge in [0.15, 0.2) is 5.78 Å². The number of Topliss-reactive ketones (excluding diaryl/α,β-unsaturated/α-hetero) is 1. The molecule has 0 amide bonds. The average Bonchev–Trinajstić information content (AvgIpc) is 3.41. The largest absolute Gasteiger partial charge is 0.459 e. The van der Waals surface area contributed by atoms with Gasteiger partial charge in [-0.2, -0.15) is 0 Å². The molecule has 1 aliphatic carbocycles. The van der Waals surface area contributed by atoms with Crippen molar-refractivity contribution in [1.29, 1.82) is 0 Å². The van der Waals surface area contributed by atoms with Gasteiger partial charge in [0, 0.05) is 47.5 Å². The zero-order valence-corrected chi connectivity index (χ0v) is 21.3. The van der Waals surface area contributed by atoms with E-state index in [1.165, 1.54) is 18.2 Å². The van der Waals surface area contributed by atoms with Crippen LogP contribution in [-0.4, -0.2) is 36.0 Å². The highest BCUT2D eigenvalue weighted by molar-refractivity contribution is 6.04. The molecule has 2 aromatic carbocycles. The number of benzene rings is 2. The Bertz CT molecular complexity index is 1360. The fourth-order valence-electron chi connectivity index (χ4n) is 5.64. The van der Waals surface area contributed by atoms with Crippen LogP contribution in [-0.2, 0) is 19.1 Å². The third kappa shape index (κ3) is 4.98. The van der Waals surface area contributed by atoms with Crippen molar-refractivity contribution >= 4 is 17.4 Å². The number of carbonyl (C=O) groups excluding carboxylic acids is 2. The van der Waals surface area contributed by atoms with E-state index < -0.39 is 16.8 Å². The molecule has 0 spiro atoms. The van der Waals surface area contributed by atoms with Crippen LogP contribution in [0.25, 0.3) is 0 Å². The molecule has 198 valence electrons. The van der Waals surface area contributed by atoms with E-state index in [2.05, 4.69) is 5.32 Å². The Kier molecular flexibility index (Phi) is 7.12. The minimum absolute atomic E-state index is 0.0830. The normalized spacial score (nSPS) is 23.2. The van der Waals surface area contributed by atoms with Crippen molar-refractivity contribution in [2.24, 2.45) is 0 Å². The lowest BCUT2D eigenvalue weighted by Crippen LogP contribution is -2.36. The highest BCUT2D eigenvalue weighted by Gasteiger charge is 2.42. The quantitative estimate of drug-likeness (QED) is 0.320. The molecule has 5 rings (SSSR count). The number of nitro benzene ring substituents is 1. The number of hydrogen-bond acceptors (Lipinski definition) is 7. The van der Waals surface area contributed by atoms with Crippen molar-refractivity contribution < 1.29 is 28.4 Å². The third-order valence-corrected chi connectivity index (χ3v) is 7.58. The molecule has 3 aliphatic rings. The Hall–Kier alpha value is -3.85. The number of dihydropyridines is 1. The second-order valence-corrected chi connectivity index (χ2v) is 10.1. The highest BCUT2D eigenvalue weighted by atomic mass is 19.1. The topological polar surface area (TPSA) is 108 Å². The van der Waals surface area contributed by atoms with E-state index in [0.717, 1.165) is 18.4 Å². The number of hydrogen-bond donors (Lipinski definition) is 1. The molecular formula is C29H29FN2O6. The van der Waals surface area contributed by atoms with Crippen LogP contribution in [0.4, 0.5) is 10.1 Å². The number of allylic oxidation sites excluding steroid dienone is 3. The Balaban J connectivity index is 1.55. The van der Waals surface area contributed by atoms with E-state index in [1.54, 1.807) is 38.1 Å². The van der Waals surface area contributed by atoms with Gasteiger partial charge in [-0.1, -0.05) is 24.3 Å². The molecule has 2 heterocycles. The maximum absolute atomic E-state index is 13.7. The number of nitro groups is 1. The first-order valence-electron chi connectivity index (χ1n) is 12.8. The lowest BCUT2D eigenvalue weighted by atomic mass is 9.71. The second-order valence-electron chi connectivity index (χ2n) is 10.1. The molecule has 0 saturated carbocycles. The maximum atomic E-state index is 13.7. The van der Waals surface area contributed by atoms with Crippen LogP contribution in [0, 0.1) is 22.9 Å². The molecule has 0 radical (unpaired) electrons. The molecule has 38 heavy (non-hydrogen) atoms. The van der Waals surface area contributed by atoms with E-state index in [0.29, 0.717) is 41.1 Å². The number of rotatable bonds is 6. The van der Waals surface area contributed by atoms with Gasteiger partial charge < -0.3 is 14.8 Å². The van der Waals surface area contributed by atoms with Crippen LogP contribution in [0.5, 0.6) is 0 Å². The summed E-state index contributed by atoms with van der Waals surface area (Å²) in [7, 11) is 0. The summed E-state index contributed by atoms with van der Waals surface area (Å²) < 4.78 is 24.7. The molecule has 0 bridgehead atoms. The summed E-state index contributed by atoms with van der Waals surface area (Å²) in [6.45, 7) is 4.12. The zero-order chi connectivity index (χ0) is 27.0. The standard InChI is InChI=1S/C29H29FN2O6/c1-16-5-6-19(13-24(16)32(35)36)27-26(29(34)38-15-22-4-3-11-37-22)17(2)31-23-12-20(14-25(33)28(23)27)18-7-9-21(30)10-8-18/h5-10,13,20,22,27,31H,3-4,11-12,14-15H2,1-2H3/t20-,22+,27-/m1/s1. The Labute approximate surface area is 219 Å². The van der Waals surface area contributed by atoms with Crippen LogP contribution < -0.4 is 5.32 Å². The molecule has 3 atom stereocenters. The van der Waals surface area contributed by atoms with E-state index >= 15 is 0 Å². The highest BCUT2D eigenvalue weighted by Crippen LogP contribution is 2.46. The fourth-order valence-corrected chi connectivity index (χ4v) is 5.64. The van der Waals surface area contributed by atoms with Crippen LogP contribution in [0.2, 0.25) is 0 Å². The number of aryl methyl sites for hydroxylation is 1. The molecule has 0 unspecified atom stereocenters. The van der Waals surface area contributed by atoms with Gasteiger partial charge in [0.2, 0.25) is 0 Å². The van der Waals surface area contributed by atoms with Crippen molar-refractivity contribution in [2.45, 2.75) is 57.5 Å². The van der Waals surface area contributed by atoms with Crippen molar-refractivity contribution in [3.05, 3.63) is 97.6 Å². The van der Waals surface area contributed by atoms with Gasteiger partial charge in [0.05, 0.1) is 16.6 Å². The molecular weight excluding hydrogens is 491 g/mol. The fraction of sp³-hybridized carbons (Fsp3) is 0.379. The molecule has 9 heteroatoms. The van der Waals surface area contributed by atoms with Crippen molar-refractivity contribution in [3.63, 3.8) is 0 Å². The summed E-state index contributed by atoms with van der Waals surface area (Å²) in [5.74, 6) is -2.08. The van der Waals surface area contributed by atoms with Crippen molar-refractivity contribution in [3.8, 4) is 0 Å². The van der Waals surface area contributed by atoms with Gasteiger partial charge >= 0.3 is 5.97 Å².